The van der Waals surface area contributed by atoms with Crippen molar-refractivity contribution in [3.05, 3.63) is 29.8 Å². The number of halogens is 3. The van der Waals surface area contributed by atoms with E-state index in [4.69, 9.17) is 14.6 Å². The number of carbonyl (C=O) groups is 2. The third-order valence-corrected chi connectivity index (χ3v) is 3.50. The van der Waals surface area contributed by atoms with Gasteiger partial charge in [0.25, 0.3) is 5.91 Å². The van der Waals surface area contributed by atoms with Crippen LogP contribution in [0, 0.1) is 0 Å². The molecule has 1 saturated heterocycles. The maximum absolute atomic E-state index is 12.9. The molecule has 1 atom stereocenters. The van der Waals surface area contributed by atoms with Crippen LogP contribution in [0.1, 0.15) is 12.0 Å². The number of alkyl halides is 3. The number of nitrogens with zero attached hydrogens (tertiary/aromatic N) is 1. The predicted octanol–water partition coefficient (Wildman–Crippen LogP) is 1.79. The van der Waals surface area contributed by atoms with Gasteiger partial charge in [-0.25, -0.2) is 0 Å². The van der Waals surface area contributed by atoms with Gasteiger partial charge in [-0.2, -0.15) is 13.2 Å². The molecule has 0 aliphatic carbocycles. The molecule has 24 heavy (non-hydrogen) atoms. The van der Waals surface area contributed by atoms with Crippen LogP contribution in [0.15, 0.2) is 24.3 Å². The fourth-order valence-corrected chi connectivity index (χ4v) is 2.40. The molecule has 1 fully saturated rings. The summed E-state index contributed by atoms with van der Waals surface area (Å²) in [5.41, 5.74) is -0.970. The van der Waals surface area contributed by atoms with Crippen LogP contribution in [0.2, 0.25) is 0 Å². The van der Waals surface area contributed by atoms with Crippen molar-refractivity contribution < 1.29 is 37.3 Å². The second-order valence-corrected chi connectivity index (χ2v) is 5.20. The molecule has 1 aliphatic rings. The highest BCUT2D eigenvalue weighted by atomic mass is 19.4. The van der Waals surface area contributed by atoms with E-state index in [-0.39, 0.29) is 26.2 Å². The number of carbonyl (C=O) groups excluding carboxylic acids is 1. The monoisotopic (exact) mass is 347 g/mol. The van der Waals surface area contributed by atoms with Crippen LogP contribution < -0.4 is 4.74 Å². The molecule has 1 aromatic rings. The van der Waals surface area contributed by atoms with Crippen molar-refractivity contribution in [2.24, 2.45) is 0 Å². The Hall–Kier alpha value is -2.29. The fourth-order valence-electron chi connectivity index (χ4n) is 2.40. The van der Waals surface area contributed by atoms with E-state index in [1.54, 1.807) is 0 Å². The quantitative estimate of drug-likeness (QED) is 0.879. The van der Waals surface area contributed by atoms with E-state index in [1.165, 1.54) is 17.0 Å². The average molecular weight is 347 g/mol. The second-order valence-electron chi connectivity index (χ2n) is 5.20. The molecule has 1 unspecified atom stereocenters. The van der Waals surface area contributed by atoms with Gasteiger partial charge < -0.3 is 19.5 Å². The van der Waals surface area contributed by atoms with Crippen molar-refractivity contribution in [3.63, 3.8) is 0 Å². The van der Waals surface area contributed by atoms with Gasteiger partial charge in [-0.05, 0) is 12.1 Å². The van der Waals surface area contributed by atoms with Crippen molar-refractivity contribution in [2.75, 3.05) is 26.4 Å². The Morgan fingerprint density at radius 1 is 1.33 bits per heavy atom. The van der Waals surface area contributed by atoms with Gasteiger partial charge in [-0.15, -0.1) is 0 Å². The largest absolute Gasteiger partial charge is 0.483 e. The lowest BCUT2D eigenvalue weighted by atomic mass is 10.1. The van der Waals surface area contributed by atoms with E-state index in [0.29, 0.717) is 0 Å². The van der Waals surface area contributed by atoms with Crippen molar-refractivity contribution in [1.82, 2.24) is 4.90 Å². The molecule has 0 radical (unpaired) electrons. The first kappa shape index (κ1) is 18.1. The summed E-state index contributed by atoms with van der Waals surface area (Å²) in [6.07, 6.45) is -4.89. The standard InChI is InChI=1S/C15H16F3NO5/c16-15(17,18)11-3-1-2-4-12(11)24-9-13(20)19-5-6-23-8-10(19)7-14(21)22/h1-4,10H,5-9H2,(H,21,22). The molecule has 6 nitrogen and oxygen atoms in total. The molecular weight excluding hydrogens is 331 g/mol. The van der Waals surface area contributed by atoms with Gasteiger partial charge in [0.15, 0.2) is 6.61 Å². The van der Waals surface area contributed by atoms with Crippen LogP contribution in [-0.2, 0) is 20.5 Å². The minimum absolute atomic E-state index is 0.0666. The zero-order valence-electron chi connectivity index (χ0n) is 12.6. The third kappa shape index (κ3) is 4.60. The molecule has 1 aromatic carbocycles. The zero-order valence-corrected chi connectivity index (χ0v) is 12.6. The van der Waals surface area contributed by atoms with Gasteiger partial charge in [0.05, 0.1) is 31.2 Å². The Bertz CT molecular complexity index is 605. The van der Waals surface area contributed by atoms with Crippen molar-refractivity contribution in [3.8, 4) is 5.75 Å². The van der Waals surface area contributed by atoms with Gasteiger partial charge in [-0.1, -0.05) is 12.1 Å². The van der Waals surface area contributed by atoms with Crippen molar-refractivity contribution in [1.29, 1.82) is 0 Å². The number of hydrogen-bond donors (Lipinski definition) is 1. The molecule has 9 heteroatoms. The normalized spacial score (nSPS) is 18.3. The molecule has 2 rings (SSSR count). The van der Waals surface area contributed by atoms with E-state index in [1.807, 2.05) is 0 Å². The number of hydrogen-bond acceptors (Lipinski definition) is 4. The lowest BCUT2D eigenvalue weighted by Crippen LogP contribution is -2.51. The van der Waals surface area contributed by atoms with Gasteiger partial charge in [-0.3, -0.25) is 9.59 Å². The lowest BCUT2D eigenvalue weighted by molar-refractivity contribution is -0.149. The fraction of sp³-hybridized carbons (Fsp3) is 0.467. The van der Waals surface area contributed by atoms with Gasteiger partial charge in [0.2, 0.25) is 0 Å². The topological polar surface area (TPSA) is 76.1 Å². The van der Waals surface area contributed by atoms with Crippen LogP contribution in [-0.4, -0.2) is 54.3 Å². The number of morpholine rings is 1. The molecule has 0 saturated carbocycles. The summed E-state index contributed by atoms with van der Waals surface area (Å²) >= 11 is 0. The highest BCUT2D eigenvalue weighted by Gasteiger charge is 2.35. The predicted molar refractivity (Wildman–Crippen MR) is 75.5 cm³/mol. The number of aliphatic carboxylic acids is 1. The van der Waals surface area contributed by atoms with E-state index in [9.17, 15) is 22.8 Å². The van der Waals surface area contributed by atoms with Crippen LogP contribution in [0.5, 0.6) is 5.75 Å². The molecule has 1 heterocycles. The van der Waals surface area contributed by atoms with Gasteiger partial charge in [0.1, 0.15) is 5.75 Å². The number of para-hydroxylation sites is 1. The summed E-state index contributed by atoms with van der Waals surface area (Å²) in [6, 6.07) is 3.93. The first-order valence-electron chi connectivity index (χ1n) is 7.17. The lowest BCUT2D eigenvalue weighted by Gasteiger charge is -2.34. The molecule has 1 aliphatic heterocycles. The summed E-state index contributed by atoms with van der Waals surface area (Å²) in [5.74, 6) is -2.12. The summed E-state index contributed by atoms with van der Waals surface area (Å²) in [7, 11) is 0. The van der Waals surface area contributed by atoms with Gasteiger partial charge in [0, 0.05) is 6.54 Å². The average Bonchev–Trinajstić information content (AvgIpc) is 2.52. The third-order valence-electron chi connectivity index (χ3n) is 3.50. The van der Waals surface area contributed by atoms with E-state index in [2.05, 4.69) is 0 Å². The maximum Gasteiger partial charge on any atom is 0.419 e. The highest BCUT2D eigenvalue weighted by molar-refractivity contribution is 5.79. The molecule has 1 amide bonds. The van der Waals surface area contributed by atoms with E-state index in [0.717, 1.165) is 12.1 Å². The summed E-state index contributed by atoms with van der Waals surface area (Å²) in [4.78, 5) is 24.3. The molecule has 0 bridgehead atoms. The molecular formula is C15H16F3NO5. The number of rotatable bonds is 5. The summed E-state index contributed by atoms with van der Waals surface area (Å²) in [5, 5.41) is 8.85. The SMILES string of the molecule is O=C(O)CC1COCCN1C(=O)COc1ccccc1C(F)(F)F. The number of carboxylic acid groups (broad SMARTS) is 1. The molecule has 1 N–H and O–H groups in total. The number of ether oxygens (including phenoxy) is 2. The van der Waals surface area contributed by atoms with E-state index < -0.39 is 42.0 Å². The van der Waals surface area contributed by atoms with Crippen molar-refractivity contribution >= 4 is 11.9 Å². The number of amides is 1. The molecule has 132 valence electrons. The Labute approximate surface area is 135 Å². The number of carboxylic acids is 1. The van der Waals surface area contributed by atoms with Gasteiger partial charge >= 0.3 is 12.1 Å². The second kappa shape index (κ2) is 7.52. The summed E-state index contributed by atoms with van der Waals surface area (Å²) < 4.78 is 48.8. The Morgan fingerprint density at radius 2 is 2.04 bits per heavy atom. The Morgan fingerprint density at radius 3 is 2.71 bits per heavy atom. The smallest absolute Gasteiger partial charge is 0.419 e. The maximum atomic E-state index is 12.9. The molecule has 0 spiro atoms. The Kier molecular flexibility index (Phi) is 5.66. The van der Waals surface area contributed by atoms with Crippen LogP contribution in [0.3, 0.4) is 0 Å². The minimum Gasteiger partial charge on any atom is -0.483 e. The van der Waals surface area contributed by atoms with Crippen LogP contribution in [0.25, 0.3) is 0 Å². The summed E-state index contributed by atoms with van der Waals surface area (Å²) in [6.45, 7) is -0.136. The highest BCUT2D eigenvalue weighted by Crippen LogP contribution is 2.35. The van der Waals surface area contributed by atoms with Crippen LogP contribution >= 0.6 is 0 Å². The first-order chi connectivity index (χ1) is 11.3. The van der Waals surface area contributed by atoms with Crippen molar-refractivity contribution in [2.45, 2.75) is 18.6 Å². The number of benzene rings is 1. The Balaban J connectivity index is 2.03. The molecule has 0 aromatic heterocycles. The first-order valence-corrected chi connectivity index (χ1v) is 7.17. The van der Waals surface area contributed by atoms with Crippen LogP contribution in [0.4, 0.5) is 13.2 Å². The van der Waals surface area contributed by atoms with E-state index >= 15 is 0 Å². The zero-order chi connectivity index (χ0) is 17.7. The minimum atomic E-state index is -4.59.